The largest absolute Gasteiger partial charge is 0.478 e. The summed E-state index contributed by atoms with van der Waals surface area (Å²) in [5.74, 6) is -2.01. The van der Waals surface area contributed by atoms with Crippen LogP contribution in [-0.2, 0) is 0 Å². The highest BCUT2D eigenvalue weighted by atomic mass is 35.5. The number of rotatable bonds is 3. The summed E-state index contributed by atoms with van der Waals surface area (Å²) >= 11 is 5.38. The van der Waals surface area contributed by atoms with Crippen molar-refractivity contribution in [1.82, 2.24) is 0 Å². The molecule has 3 N–H and O–H groups in total. The molecule has 0 bridgehead atoms. The monoisotopic (exact) mass is 230 g/mol. The van der Waals surface area contributed by atoms with Crippen LogP contribution in [0.25, 0.3) is 0 Å². The molecule has 80 valence electrons. The maximum absolute atomic E-state index is 13.1. The number of carboxylic acids is 1. The lowest BCUT2D eigenvalue weighted by Gasteiger charge is -1.99. The number of carbonyl (C=O) groups is 1. The molecule has 0 aliphatic rings. The molecule has 1 rings (SSSR count). The van der Waals surface area contributed by atoms with Crippen molar-refractivity contribution in [3.8, 4) is 0 Å². The van der Waals surface area contributed by atoms with Gasteiger partial charge in [-0.15, -0.1) is 11.6 Å². The van der Waals surface area contributed by atoms with Gasteiger partial charge in [0.1, 0.15) is 11.7 Å². The van der Waals surface area contributed by atoms with E-state index in [2.05, 4.69) is 4.99 Å². The van der Waals surface area contributed by atoms with E-state index < -0.39 is 17.3 Å². The van der Waals surface area contributed by atoms with Crippen LogP contribution >= 0.6 is 11.6 Å². The number of amidine groups is 1. The first kappa shape index (κ1) is 11.5. The molecule has 0 aliphatic heterocycles. The molecule has 0 fully saturated rings. The fourth-order valence-electron chi connectivity index (χ4n) is 0.943. The van der Waals surface area contributed by atoms with Gasteiger partial charge in [0.2, 0.25) is 0 Å². The second kappa shape index (κ2) is 4.75. The molecule has 0 saturated carbocycles. The zero-order chi connectivity index (χ0) is 11.4. The lowest BCUT2D eigenvalue weighted by molar-refractivity contribution is 0.0692. The average Bonchev–Trinajstić information content (AvgIpc) is 2.17. The Kier molecular flexibility index (Phi) is 3.62. The van der Waals surface area contributed by atoms with E-state index in [9.17, 15) is 9.18 Å². The Labute approximate surface area is 90.2 Å². The fraction of sp³-hybridized carbons (Fsp3) is 0.111. The van der Waals surface area contributed by atoms with Gasteiger partial charge >= 0.3 is 5.97 Å². The second-order valence-electron chi connectivity index (χ2n) is 2.71. The van der Waals surface area contributed by atoms with Crippen LogP contribution in [0.1, 0.15) is 10.4 Å². The van der Waals surface area contributed by atoms with Gasteiger partial charge < -0.3 is 10.8 Å². The highest BCUT2D eigenvalue weighted by molar-refractivity contribution is 6.28. The summed E-state index contributed by atoms with van der Waals surface area (Å²) in [7, 11) is 0. The van der Waals surface area contributed by atoms with Gasteiger partial charge in [0.05, 0.1) is 17.1 Å². The Morgan fingerprint density at radius 1 is 1.60 bits per heavy atom. The van der Waals surface area contributed by atoms with Crippen LogP contribution in [0, 0.1) is 5.82 Å². The van der Waals surface area contributed by atoms with Crippen LogP contribution in [0.4, 0.5) is 10.1 Å². The zero-order valence-electron chi connectivity index (χ0n) is 7.58. The molecule has 0 radical (unpaired) electrons. The maximum Gasteiger partial charge on any atom is 0.338 e. The van der Waals surface area contributed by atoms with E-state index in [0.717, 1.165) is 12.1 Å². The van der Waals surface area contributed by atoms with Gasteiger partial charge in [0.15, 0.2) is 0 Å². The third kappa shape index (κ3) is 2.92. The minimum atomic E-state index is -1.33. The molecule has 15 heavy (non-hydrogen) atoms. The molecule has 0 unspecified atom stereocenters. The summed E-state index contributed by atoms with van der Waals surface area (Å²) in [4.78, 5) is 14.3. The van der Waals surface area contributed by atoms with E-state index in [1.807, 2.05) is 0 Å². The van der Waals surface area contributed by atoms with Crippen LogP contribution in [0.15, 0.2) is 23.2 Å². The molecule has 4 nitrogen and oxygen atoms in total. The predicted molar refractivity (Wildman–Crippen MR) is 55.4 cm³/mol. The van der Waals surface area contributed by atoms with Crippen LogP contribution in [-0.4, -0.2) is 22.8 Å². The van der Waals surface area contributed by atoms with Gasteiger partial charge in [-0.1, -0.05) is 0 Å². The molecule has 0 saturated heterocycles. The Morgan fingerprint density at radius 3 is 2.73 bits per heavy atom. The first-order chi connectivity index (χ1) is 7.04. The number of hydrogen-bond donors (Lipinski definition) is 2. The molecule has 6 heteroatoms. The van der Waals surface area contributed by atoms with E-state index in [1.54, 1.807) is 0 Å². The van der Waals surface area contributed by atoms with E-state index in [1.165, 1.54) is 6.07 Å². The molecule has 0 heterocycles. The Balaban J connectivity index is 3.07. The van der Waals surface area contributed by atoms with Crippen LogP contribution in [0.2, 0.25) is 0 Å². The summed E-state index contributed by atoms with van der Waals surface area (Å²) in [5.41, 5.74) is 5.16. The number of aliphatic imine (C=N–C) groups is 1. The third-order valence-corrected chi connectivity index (χ3v) is 1.87. The molecule has 0 atom stereocenters. The number of nitrogens with zero attached hydrogens (tertiary/aromatic N) is 1. The number of aromatic carboxylic acids is 1. The molecular weight excluding hydrogens is 223 g/mol. The number of hydrogen-bond acceptors (Lipinski definition) is 2. The van der Waals surface area contributed by atoms with Gasteiger partial charge in [-0.2, -0.15) is 0 Å². The van der Waals surface area contributed by atoms with Crippen molar-refractivity contribution in [3.63, 3.8) is 0 Å². The van der Waals surface area contributed by atoms with Crippen molar-refractivity contribution in [3.05, 3.63) is 29.6 Å². The maximum atomic E-state index is 13.1. The minimum Gasteiger partial charge on any atom is -0.478 e. The van der Waals surface area contributed by atoms with Crippen LogP contribution < -0.4 is 5.73 Å². The number of alkyl halides is 1. The standard InChI is InChI=1S/C9H8ClFN2O2/c10-4-8(12)13-5-1-2-6(9(14)15)7(11)3-5/h1-3H,4H2,(H2,12,13)(H,14,15). The van der Waals surface area contributed by atoms with E-state index >= 15 is 0 Å². The first-order valence-corrected chi connectivity index (χ1v) is 4.50. The van der Waals surface area contributed by atoms with Gasteiger partial charge in [-0.25, -0.2) is 14.2 Å². The Hall–Kier alpha value is -1.62. The molecule has 0 aliphatic carbocycles. The molecule has 0 spiro atoms. The highest BCUT2D eigenvalue weighted by Gasteiger charge is 2.09. The lowest BCUT2D eigenvalue weighted by Crippen LogP contribution is -2.12. The van der Waals surface area contributed by atoms with Crippen molar-refractivity contribution in [2.75, 3.05) is 5.88 Å². The van der Waals surface area contributed by atoms with Crippen molar-refractivity contribution in [2.45, 2.75) is 0 Å². The molecular formula is C9H8ClFN2O2. The van der Waals surface area contributed by atoms with Gasteiger partial charge in [-0.3, -0.25) is 0 Å². The number of benzene rings is 1. The summed E-state index contributed by atoms with van der Waals surface area (Å²) < 4.78 is 13.1. The Bertz CT molecular complexity index is 421. The third-order valence-electron chi connectivity index (χ3n) is 1.59. The zero-order valence-corrected chi connectivity index (χ0v) is 8.33. The van der Waals surface area contributed by atoms with E-state index in [0.29, 0.717) is 0 Å². The molecule has 0 amide bonds. The summed E-state index contributed by atoms with van der Waals surface area (Å²) in [6.45, 7) is 0. The molecule has 1 aromatic carbocycles. The Morgan fingerprint density at radius 2 is 2.27 bits per heavy atom. The quantitative estimate of drug-likeness (QED) is 0.472. The average molecular weight is 231 g/mol. The highest BCUT2D eigenvalue weighted by Crippen LogP contribution is 2.17. The topological polar surface area (TPSA) is 75.7 Å². The van der Waals surface area contributed by atoms with Crippen molar-refractivity contribution in [2.24, 2.45) is 10.7 Å². The summed E-state index contributed by atoms with van der Waals surface area (Å²) in [5, 5.41) is 8.56. The number of nitrogens with two attached hydrogens (primary N) is 1. The fourth-order valence-corrected chi connectivity index (χ4v) is 1.00. The molecule has 1 aromatic rings. The van der Waals surface area contributed by atoms with Crippen molar-refractivity contribution >= 4 is 29.1 Å². The van der Waals surface area contributed by atoms with Crippen LogP contribution in [0.3, 0.4) is 0 Å². The number of carboxylic acid groups (broad SMARTS) is 1. The first-order valence-electron chi connectivity index (χ1n) is 3.96. The number of halogens is 2. The SMILES string of the molecule is NC(CCl)=Nc1ccc(C(=O)O)c(F)c1. The minimum absolute atomic E-state index is 0.0301. The van der Waals surface area contributed by atoms with Crippen molar-refractivity contribution in [1.29, 1.82) is 0 Å². The smallest absolute Gasteiger partial charge is 0.338 e. The predicted octanol–water partition coefficient (Wildman–Crippen LogP) is 1.75. The van der Waals surface area contributed by atoms with E-state index in [-0.39, 0.29) is 17.4 Å². The van der Waals surface area contributed by atoms with Gasteiger partial charge in [0.25, 0.3) is 0 Å². The van der Waals surface area contributed by atoms with Crippen molar-refractivity contribution < 1.29 is 14.3 Å². The van der Waals surface area contributed by atoms with Gasteiger partial charge in [0, 0.05) is 6.07 Å². The lowest BCUT2D eigenvalue weighted by atomic mass is 10.2. The second-order valence-corrected chi connectivity index (χ2v) is 2.97. The molecule has 0 aromatic heterocycles. The van der Waals surface area contributed by atoms with Gasteiger partial charge in [-0.05, 0) is 12.1 Å². The normalized spacial score (nSPS) is 11.5. The summed E-state index contributed by atoms with van der Waals surface area (Å²) in [6, 6.07) is 3.47. The van der Waals surface area contributed by atoms with Crippen LogP contribution in [0.5, 0.6) is 0 Å². The summed E-state index contributed by atoms with van der Waals surface area (Å²) in [6.07, 6.45) is 0. The van der Waals surface area contributed by atoms with E-state index in [4.69, 9.17) is 22.4 Å².